The average molecular weight is 350 g/mol. The van der Waals surface area contributed by atoms with E-state index in [-0.39, 0.29) is 5.91 Å². The SMILES string of the molecule is CCC(C)c1ccc(NC(=O)CSc2cccc3cccnc23)cc1. The van der Waals surface area contributed by atoms with Crippen molar-refractivity contribution in [2.75, 3.05) is 11.1 Å². The van der Waals surface area contributed by atoms with Gasteiger partial charge in [0.05, 0.1) is 11.3 Å². The molecule has 0 saturated carbocycles. The molecule has 3 nitrogen and oxygen atoms in total. The average Bonchev–Trinajstić information content (AvgIpc) is 2.66. The van der Waals surface area contributed by atoms with E-state index in [9.17, 15) is 4.79 Å². The number of rotatable bonds is 6. The van der Waals surface area contributed by atoms with E-state index in [1.54, 1.807) is 6.20 Å². The fraction of sp³-hybridized carbons (Fsp3) is 0.238. The monoisotopic (exact) mass is 350 g/mol. The summed E-state index contributed by atoms with van der Waals surface area (Å²) < 4.78 is 0. The summed E-state index contributed by atoms with van der Waals surface area (Å²) in [7, 11) is 0. The first kappa shape index (κ1) is 17.5. The third-order valence-corrected chi connectivity index (χ3v) is 5.38. The predicted molar refractivity (Wildman–Crippen MR) is 106 cm³/mol. The standard InChI is InChI=1S/C21H22N2OS/c1-3-15(2)16-9-11-18(12-10-16)23-20(24)14-25-19-8-4-6-17-7-5-13-22-21(17)19/h4-13,15H,3,14H2,1-2H3,(H,23,24). The van der Waals surface area contributed by atoms with E-state index in [1.165, 1.54) is 17.3 Å². The summed E-state index contributed by atoms with van der Waals surface area (Å²) in [5, 5.41) is 4.06. The van der Waals surface area contributed by atoms with Crippen molar-refractivity contribution in [1.82, 2.24) is 4.98 Å². The van der Waals surface area contributed by atoms with Gasteiger partial charge in [-0.2, -0.15) is 0 Å². The number of carbonyl (C=O) groups is 1. The summed E-state index contributed by atoms with van der Waals surface area (Å²) >= 11 is 1.51. The Morgan fingerprint density at radius 3 is 2.64 bits per heavy atom. The number of para-hydroxylation sites is 1. The maximum atomic E-state index is 12.2. The lowest BCUT2D eigenvalue weighted by Crippen LogP contribution is -2.14. The number of carbonyl (C=O) groups excluding carboxylic acids is 1. The van der Waals surface area contributed by atoms with Crippen LogP contribution in [-0.2, 0) is 4.79 Å². The van der Waals surface area contributed by atoms with Crippen LogP contribution in [0.4, 0.5) is 5.69 Å². The highest BCUT2D eigenvalue weighted by Gasteiger charge is 2.08. The Morgan fingerprint density at radius 1 is 1.12 bits per heavy atom. The number of anilines is 1. The van der Waals surface area contributed by atoms with Gasteiger partial charge in [0.25, 0.3) is 0 Å². The van der Waals surface area contributed by atoms with Crippen molar-refractivity contribution in [1.29, 1.82) is 0 Å². The lowest BCUT2D eigenvalue weighted by Gasteiger charge is -2.10. The highest BCUT2D eigenvalue weighted by molar-refractivity contribution is 8.00. The van der Waals surface area contributed by atoms with E-state index in [0.29, 0.717) is 11.7 Å². The summed E-state index contributed by atoms with van der Waals surface area (Å²) in [6.07, 6.45) is 2.90. The van der Waals surface area contributed by atoms with Gasteiger partial charge in [0, 0.05) is 22.2 Å². The highest BCUT2D eigenvalue weighted by atomic mass is 32.2. The summed E-state index contributed by atoms with van der Waals surface area (Å²) in [6.45, 7) is 4.39. The second kappa shape index (κ2) is 8.17. The molecule has 1 N–H and O–H groups in total. The Bertz CT molecular complexity index is 856. The quantitative estimate of drug-likeness (QED) is 0.599. The maximum Gasteiger partial charge on any atom is 0.234 e. The minimum Gasteiger partial charge on any atom is -0.325 e. The molecule has 0 bridgehead atoms. The van der Waals surface area contributed by atoms with E-state index in [4.69, 9.17) is 0 Å². The molecule has 128 valence electrons. The number of nitrogens with zero attached hydrogens (tertiary/aromatic N) is 1. The number of nitrogens with one attached hydrogen (secondary N) is 1. The fourth-order valence-corrected chi connectivity index (χ4v) is 3.50. The predicted octanol–water partition coefficient (Wildman–Crippen LogP) is 5.48. The lowest BCUT2D eigenvalue weighted by atomic mass is 9.99. The van der Waals surface area contributed by atoms with Gasteiger partial charge in [-0.1, -0.05) is 44.2 Å². The Morgan fingerprint density at radius 2 is 1.88 bits per heavy atom. The van der Waals surface area contributed by atoms with Gasteiger partial charge in [-0.05, 0) is 42.2 Å². The molecule has 1 amide bonds. The Balaban J connectivity index is 1.61. The topological polar surface area (TPSA) is 42.0 Å². The van der Waals surface area contributed by atoms with Gasteiger partial charge >= 0.3 is 0 Å². The molecular formula is C21H22N2OS. The molecule has 0 fully saturated rings. The zero-order chi connectivity index (χ0) is 17.6. The van der Waals surface area contributed by atoms with Crippen molar-refractivity contribution in [3.05, 3.63) is 66.4 Å². The Labute approximate surface area is 152 Å². The molecule has 0 radical (unpaired) electrons. The molecule has 2 aromatic carbocycles. The maximum absolute atomic E-state index is 12.2. The van der Waals surface area contributed by atoms with E-state index < -0.39 is 0 Å². The molecule has 0 spiro atoms. The van der Waals surface area contributed by atoms with Gasteiger partial charge in [0.1, 0.15) is 0 Å². The van der Waals surface area contributed by atoms with Crippen LogP contribution in [0.1, 0.15) is 31.7 Å². The molecule has 25 heavy (non-hydrogen) atoms. The molecule has 0 aliphatic carbocycles. The number of amides is 1. The largest absolute Gasteiger partial charge is 0.325 e. The van der Waals surface area contributed by atoms with Crippen molar-refractivity contribution in [2.24, 2.45) is 0 Å². The molecule has 3 rings (SSSR count). The van der Waals surface area contributed by atoms with Gasteiger partial charge in [0.15, 0.2) is 0 Å². The molecule has 4 heteroatoms. The molecule has 1 heterocycles. The molecule has 3 aromatic rings. The van der Waals surface area contributed by atoms with E-state index in [2.05, 4.69) is 36.3 Å². The number of hydrogen-bond acceptors (Lipinski definition) is 3. The molecule has 0 saturated heterocycles. The number of benzene rings is 2. The molecule has 1 unspecified atom stereocenters. The summed E-state index contributed by atoms with van der Waals surface area (Å²) in [5.74, 6) is 0.899. The lowest BCUT2D eigenvalue weighted by molar-refractivity contribution is -0.113. The zero-order valence-electron chi connectivity index (χ0n) is 14.5. The molecular weight excluding hydrogens is 328 g/mol. The molecule has 0 aliphatic rings. The summed E-state index contributed by atoms with van der Waals surface area (Å²) in [4.78, 5) is 17.7. The van der Waals surface area contributed by atoms with E-state index in [1.807, 2.05) is 42.5 Å². The third kappa shape index (κ3) is 4.40. The highest BCUT2D eigenvalue weighted by Crippen LogP contribution is 2.26. The summed E-state index contributed by atoms with van der Waals surface area (Å²) in [6, 6.07) is 18.1. The first-order valence-corrected chi connectivity index (χ1v) is 9.52. The van der Waals surface area contributed by atoms with Crippen LogP contribution < -0.4 is 5.32 Å². The van der Waals surface area contributed by atoms with Gasteiger partial charge in [-0.3, -0.25) is 9.78 Å². The van der Waals surface area contributed by atoms with Crippen molar-refractivity contribution < 1.29 is 4.79 Å². The van der Waals surface area contributed by atoms with Crippen LogP contribution in [0.5, 0.6) is 0 Å². The van der Waals surface area contributed by atoms with E-state index >= 15 is 0 Å². The van der Waals surface area contributed by atoms with Crippen molar-refractivity contribution >= 4 is 34.3 Å². The smallest absolute Gasteiger partial charge is 0.234 e. The zero-order valence-corrected chi connectivity index (χ0v) is 15.3. The number of thioether (sulfide) groups is 1. The van der Waals surface area contributed by atoms with Crippen LogP contribution in [0, 0.1) is 0 Å². The van der Waals surface area contributed by atoms with Crippen molar-refractivity contribution in [3.8, 4) is 0 Å². The number of hydrogen-bond donors (Lipinski definition) is 1. The number of aromatic nitrogens is 1. The van der Waals surface area contributed by atoms with Crippen LogP contribution in [-0.4, -0.2) is 16.6 Å². The second-order valence-corrected chi connectivity index (χ2v) is 7.12. The fourth-order valence-electron chi connectivity index (χ4n) is 2.66. The minimum atomic E-state index is -0.00535. The first-order chi connectivity index (χ1) is 12.2. The Kier molecular flexibility index (Phi) is 5.71. The van der Waals surface area contributed by atoms with E-state index in [0.717, 1.165) is 27.9 Å². The van der Waals surface area contributed by atoms with Crippen LogP contribution in [0.3, 0.4) is 0 Å². The van der Waals surface area contributed by atoms with Gasteiger partial charge in [-0.25, -0.2) is 0 Å². The number of fused-ring (bicyclic) bond motifs is 1. The summed E-state index contributed by atoms with van der Waals surface area (Å²) in [5.41, 5.74) is 3.09. The first-order valence-electron chi connectivity index (χ1n) is 8.53. The van der Waals surface area contributed by atoms with Crippen molar-refractivity contribution in [3.63, 3.8) is 0 Å². The van der Waals surface area contributed by atoms with Gasteiger partial charge < -0.3 is 5.32 Å². The van der Waals surface area contributed by atoms with Gasteiger partial charge in [-0.15, -0.1) is 11.8 Å². The minimum absolute atomic E-state index is 0.00535. The normalized spacial score (nSPS) is 12.1. The molecule has 1 atom stereocenters. The third-order valence-electron chi connectivity index (χ3n) is 4.33. The Hall–Kier alpha value is -2.33. The molecule has 1 aromatic heterocycles. The van der Waals surface area contributed by atoms with Crippen LogP contribution in [0.2, 0.25) is 0 Å². The van der Waals surface area contributed by atoms with Crippen LogP contribution in [0.25, 0.3) is 10.9 Å². The van der Waals surface area contributed by atoms with Gasteiger partial charge in [0.2, 0.25) is 5.91 Å². The van der Waals surface area contributed by atoms with Crippen LogP contribution >= 0.6 is 11.8 Å². The van der Waals surface area contributed by atoms with Crippen LogP contribution in [0.15, 0.2) is 65.7 Å². The number of pyridine rings is 1. The molecule has 0 aliphatic heterocycles. The second-order valence-electron chi connectivity index (χ2n) is 6.10. The van der Waals surface area contributed by atoms with Crippen molar-refractivity contribution in [2.45, 2.75) is 31.1 Å².